The van der Waals surface area contributed by atoms with Gasteiger partial charge in [-0.2, -0.15) is 74.6 Å². The topological polar surface area (TPSA) is 32.3 Å². The van der Waals surface area contributed by atoms with Gasteiger partial charge in [0.05, 0.1) is 0 Å². The molecule has 0 aliphatic rings. The molecular weight excluding hydrogens is 545 g/mol. The summed E-state index contributed by atoms with van der Waals surface area (Å²) in [6.45, 7) is 1.04. The Balaban J connectivity index is 3.63. The minimum atomic E-state index is -8.66. The molecule has 0 aliphatic heterocycles. The third-order valence-electron chi connectivity index (χ3n) is 4.35. The Morgan fingerprint density at radius 1 is 0.543 bits per heavy atom. The van der Waals surface area contributed by atoms with Crippen molar-refractivity contribution in [1.29, 1.82) is 0 Å². The molecule has 1 aromatic carbocycles. The van der Waals surface area contributed by atoms with E-state index in [4.69, 9.17) is 5.11 Å². The highest BCUT2D eigenvalue weighted by molar-refractivity contribution is 5.46. The van der Waals surface area contributed by atoms with Crippen LogP contribution in [0.1, 0.15) is 12.5 Å². The maximum absolute atomic E-state index is 14.1. The summed E-state index contributed by atoms with van der Waals surface area (Å²) in [4.78, 5) is 0. The zero-order chi connectivity index (χ0) is 28.3. The first-order chi connectivity index (χ1) is 15.1. The molecule has 0 heterocycles. The van der Waals surface area contributed by atoms with Crippen LogP contribution in [-0.2, 0) is 5.92 Å². The lowest BCUT2D eigenvalue weighted by Gasteiger charge is -2.42. The second-order valence-electron chi connectivity index (χ2n) is 6.92. The maximum Gasteiger partial charge on any atom is 0.460 e. The van der Waals surface area contributed by atoms with E-state index in [-0.39, 0.29) is 17.8 Å². The molecule has 0 aliphatic carbocycles. The molecule has 1 atom stereocenters. The van der Waals surface area contributed by atoms with Crippen LogP contribution in [0.2, 0.25) is 0 Å². The first-order valence-electron chi connectivity index (χ1n) is 8.41. The minimum absolute atomic E-state index is 0.183. The zero-order valence-corrected chi connectivity index (χ0v) is 16.3. The highest BCUT2D eigenvalue weighted by Gasteiger charge is 2.95. The van der Waals surface area contributed by atoms with E-state index in [9.17, 15) is 74.6 Å². The van der Waals surface area contributed by atoms with Crippen LogP contribution in [0, 0.1) is 0 Å². The van der Waals surface area contributed by atoms with Crippen molar-refractivity contribution in [1.82, 2.24) is 0 Å². The number of hydrogen-bond acceptors (Lipinski definition) is 2. The van der Waals surface area contributed by atoms with E-state index in [2.05, 4.69) is 0 Å². The fraction of sp³-hybridized carbons (Fsp3) is 0.625. The Hall–Kier alpha value is -2.21. The molecule has 1 rings (SSSR count). The van der Waals surface area contributed by atoms with E-state index in [1.807, 2.05) is 5.32 Å². The summed E-state index contributed by atoms with van der Waals surface area (Å²) < 4.78 is 225. The lowest BCUT2D eigenvalue weighted by Crippen LogP contribution is -2.74. The van der Waals surface area contributed by atoms with Gasteiger partial charge in [0.1, 0.15) is 6.23 Å². The Kier molecular flexibility index (Phi) is 7.42. The lowest BCUT2D eigenvalue weighted by atomic mass is 9.87. The van der Waals surface area contributed by atoms with Gasteiger partial charge in [-0.1, -0.05) is 12.1 Å². The number of aliphatic hydroxyl groups excluding tert-OH is 1. The first kappa shape index (κ1) is 30.8. The number of benzene rings is 1. The Morgan fingerprint density at radius 3 is 1.17 bits per heavy atom. The Labute approximate surface area is 182 Å². The summed E-state index contributed by atoms with van der Waals surface area (Å²) in [5.74, 6) is -56.8. The largest absolute Gasteiger partial charge is 0.460 e. The monoisotopic (exact) mass is 555 g/mol. The maximum atomic E-state index is 14.1. The van der Waals surface area contributed by atoms with Crippen molar-refractivity contribution in [3.63, 3.8) is 0 Å². The molecule has 0 bridgehead atoms. The molecule has 0 amide bonds. The van der Waals surface area contributed by atoms with Crippen LogP contribution in [0.4, 0.5) is 80.3 Å². The number of alkyl halides is 17. The van der Waals surface area contributed by atoms with E-state index in [0.717, 1.165) is 6.92 Å². The van der Waals surface area contributed by atoms with Crippen LogP contribution in [0.25, 0.3) is 0 Å². The standard InChI is InChI=1S/C16H10F17NO/c1-6(35)34-8-4-2-7(3-5-8)9(17,18)10(19,20)11(21,22)12(23,24)13(25,26)14(27,28)15(29,30)16(31,32)33/h2-6,34-35H,1H3. The van der Waals surface area contributed by atoms with E-state index < -0.39 is 59.4 Å². The number of hydrogen-bond donors (Lipinski definition) is 2. The number of halogens is 17. The quantitative estimate of drug-likeness (QED) is 0.257. The molecule has 204 valence electrons. The molecular formula is C16H10F17NO. The SMILES string of the molecule is CC(O)Nc1ccc(C(F)(F)C(F)(F)C(F)(F)C(F)(F)C(F)(F)C(F)(F)C(F)(F)C(F)(F)F)cc1. The molecule has 35 heavy (non-hydrogen) atoms. The van der Waals surface area contributed by atoms with Gasteiger partial charge in [0, 0.05) is 11.3 Å². The molecule has 1 unspecified atom stereocenters. The van der Waals surface area contributed by atoms with Gasteiger partial charge >= 0.3 is 47.6 Å². The minimum Gasteiger partial charge on any atom is -0.374 e. The molecule has 0 spiro atoms. The van der Waals surface area contributed by atoms with E-state index in [0.29, 0.717) is 12.1 Å². The molecule has 1 aromatic rings. The summed E-state index contributed by atoms with van der Waals surface area (Å²) in [5.41, 5.74) is -2.70. The van der Waals surface area contributed by atoms with E-state index in [1.165, 1.54) is 0 Å². The van der Waals surface area contributed by atoms with Gasteiger partial charge in [0.25, 0.3) is 0 Å². The first-order valence-corrected chi connectivity index (χ1v) is 8.41. The second-order valence-corrected chi connectivity index (χ2v) is 6.92. The van der Waals surface area contributed by atoms with Gasteiger partial charge in [-0.15, -0.1) is 0 Å². The van der Waals surface area contributed by atoms with Crippen molar-refractivity contribution >= 4 is 5.69 Å². The molecule has 2 N–H and O–H groups in total. The van der Waals surface area contributed by atoms with Gasteiger partial charge in [-0.05, 0) is 19.1 Å². The van der Waals surface area contributed by atoms with Crippen molar-refractivity contribution in [3.8, 4) is 0 Å². The van der Waals surface area contributed by atoms with Crippen molar-refractivity contribution < 1.29 is 79.7 Å². The van der Waals surface area contributed by atoms with Gasteiger partial charge < -0.3 is 10.4 Å². The average Bonchev–Trinajstić information content (AvgIpc) is 2.66. The molecule has 0 saturated carbocycles. The summed E-state index contributed by atoms with van der Waals surface area (Å²) in [6.07, 6.45) is -9.20. The summed E-state index contributed by atoms with van der Waals surface area (Å²) >= 11 is 0. The molecule has 0 fully saturated rings. The van der Waals surface area contributed by atoms with Gasteiger partial charge in [-0.3, -0.25) is 0 Å². The predicted octanol–water partition coefficient (Wildman–Crippen LogP) is 6.90. The van der Waals surface area contributed by atoms with Crippen molar-refractivity contribution in [2.75, 3.05) is 5.32 Å². The predicted molar refractivity (Wildman–Crippen MR) is 81.4 cm³/mol. The average molecular weight is 555 g/mol. The second kappa shape index (κ2) is 8.43. The third kappa shape index (κ3) is 4.32. The molecule has 0 radical (unpaired) electrons. The zero-order valence-electron chi connectivity index (χ0n) is 16.3. The van der Waals surface area contributed by atoms with Gasteiger partial charge in [0.15, 0.2) is 0 Å². The molecule has 19 heteroatoms. The summed E-state index contributed by atoms with van der Waals surface area (Å²) in [7, 11) is 0. The van der Waals surface area contributed by atoms with Crippen molar-refractivity contribution in [3.05, 3.63) is 29.8 Å². The highest BCUT2D eigenvalue weighted by Crippen LogP contribution is 2.65. The van der Waals surface area contributed by atoms with Crippen LogP contribution in [0.3, 0.4) is 0 Å². The van der Waals surface area contributed by atoms with Crippen LogP contribution in [0.5, 0.6) is 0 Å². The normalized spacial score (nSPS) is 16.3. The molecule has 2 nitrogen and oxygen atoms in total. The van der Waals surface area contributed by atoms with Gasteiger partial charge in [-0.25, -0.2) is 0 Å². The number of rotatable bonds is 9. The molecule has 0 aromatic heterocycles. The number of aliphatic hydroxyl groups is 1. The Bertz CT molecular complexity index is 888. The third-order valence-corrected chi connectivity index (χ3v) is 4.35. The van der Waals surface area contributed by atoms with Crippen molar-refractivity contribution in [2.45, 2.75) is 60.8 Å². The van der Waals surface area contributed by atoms with E-state index >= 15 is 0 Å². The summed E-state index contributed by atoms with van der Waals surface area (Å²) in [5, 5.41) is 11.0. The van der Waals surface area contributed by atoms with Crippen LogP contribution in [0.15, 0.2) is 24.3 Å². The fourth-order valence-corrected chi connectivity index (χ4v) is 2.36. The highest BCUT2D eigenvalue weighted by atomic mass is 19.4. The van der Waals surface area contributed by atoms with Gasteiger partial charge in [0.2, 0.25) is 0 Å². The molecule has 0 saturated heterocycles. The fourth-order valence-electron chi connectivity index (χ4n) is 2.36. The van der Waals surface area contributed by atoms with E-state index in [1.54, 1.807) is 0 Å². The Morgan fingerprint density at radius 2 is 0.857 bits per heavy atom. The number of anilines is 1. The lowest BCUT2D eigenvalue weighted by molar-refractivity contribution is -0.462. The summed E-state index contributed by atoms with van der Waals surface area (Å²) in [6, 6.07) is 0.346. The van der Waals surface area contributed by atoms with Crippen LogP contribution < -0.4 is 5.32 Å². The number of nitrogens with one attached hydrogen (secondary N) is 1. The van der Waals surface area contributed by atoms with Crippen LogP contribution in [-0.4, -0.2) is 53.0 Å². The smallest absolute Gasteiger partial charge is 0.374 e. The van der Waals surface area contributed by atoms with Crippen LogP contribution >= 0.6 is 0 Å². The van der Waals surface area contributed by atoms with Crippen molar-refractivity contribution in [2.24, 2.45) is 0 Å².